The van der Waals surface area contributed by atoms with Crippen LogP contribution in [0.25, 0.3) is 0 Å². The van der Waals surface area contributed by atoms with E-state index in [2.05, 4.69) is 17.1 Å². The van der Waals surface area contributed by atoms with Gasteiger partial charge in [0.1, 0.15) is 0 Å². The van der Waals surface area contributed by atoms with Crippen molar-refractivity contribution in [3.05, 3.63) is 29.8 Å². The molecule has 21 heavy (non-hydrogen) atoms. The van der Waals surface area contributed by atoms with E-state index in [9.17, 15) is 9.59 Å². The second-order valence-corrected chi connectivity index (χ2v) is 5.55. The van der Waals surface area contributed by atoms with Gasteiger partial charge in [-0.1, -0.05) is 19.1 Å². The van der Waals surface area contributed by atoms with Gasteiger partial charge in [0, 0.05) is 11.6 Å². The number of amides is 2. The van der Waals surface area contributed by atoms with Gasteiger partial charge in [0.15, 0.2) is 0 Å². The highest BCUT2D eigenvalue weighted by Gasteiger charge is 2.24. The number of hydrogen-bond acceptors (Lipinski definition) is 3. The Labute approximate surface area is 125 Å². The van der Waals surface area contributed by atoms with Gasteiger partial charge in [-0.2, -0.15) is 0 Å². The first-order valence-corrected chi connectivity index (χ1v) is 7.49. The summed E-state index contributed by atoms with van der Waals surface area (Å²) in [5.41, 5.74) is 7.35. The van der Waals surface area contributed by atoms with Crippen molar-refractivity contribution in [1.29, 1.82) is 0 Å². The maximum Gasteiger partial charge on any atom is 0.238 e. The van der Waals surface area contributed by atoms with Crippen LogP contribution in [0.4, 0.5) is 5.69 Å². The number of carbonyl (C=O) groups is 2. The molecule has 0 radical (unpaired) electrons. The molecule has 1 aliphatic heterocycles. The van der Waals surface area contributed by atoms with Gasteiger partial charge in [0.25, 0.3) is 0 Å². The number of nitrogens with two attached hydrogens (primary N) is 1. The van der Waals surface area contributed by atoms with E-state index in [0.717, 1.165) is 38.0 Å². The predicted octanol–water partition coefficient (Wildman–Crippen LogP) is 1.38. The molecule has 2 rings (SSSR count). The summed E-state index contributed by atoms with van der Waals surface area (Å²) >= 11 is 0. The quantitative estimate of drug-likeness (QED) is 0.860. The molecule has 1 heterocycles. The fourth-order valence-corrected chi connectivity index (χ4v) is 2.65. The molecule has 5 nitrogen and oxygen atoms in total. The summed E-state index contributed by atoms with van der Waals surface area (Å²) in [6.45, 7) is 3.94. The molecule has 0 bridgehead atoms. The first-order chi connectivity index (χ1) is 10.1. The summed E-state index contributed by atoms with van der Waals surface area (Å²) in [5.74, 6) is -0.276. The number of anilines is 1. The monoisotopic (exact) mass is 289 g/mol. The van der Waals surface area contributed by atoms with Crippen LogP contribution in [0.3, 0.4) is 0 Å². The van der Waals surface area contributed by atoms with Crippen LogP contribution in [0, 0.1) is 5.92 Å². The molecule has 5 heteroatoms. The van der Waals surface area contributed by atoms with Crippen LogP contribution in [0.2, 0.25) is 0 Å². The standard InChI is InChI=1S/C16H23N3O2/c1-2-12-4-3-5-14(10-12)18-15(20)11-19-8-6-13(7-9-19)16(17)21/h3-5,10,13H,2,6-9,11H2,1H3,(H2,17,21)(H,18,20). The normalized spacial score (nSPS) is 16.6. The molecule has 0 unspecified atom stereocenters. The number of nitrogens with zero attached hydrogens (tertiary/aromatic N) is 1. The van der Waals surface area contributed by atoms with Crippen LogP contribution in [-0.4, -0.2) is 36.3 Å². The summed E-state index contributed by atoms with van der Waals surface area (Å²) in [6, 6.07) is 7.89. The minimum Gasteiger partial charge on any atom is -0.369 e. The molecular weight excluding hydrogens is 266 g/mol. The molecule has 1 aromatic carbocycles. The number of likely N-dealkylation sites (tertiary alicyclic amines) is 1. The number of hydrogen-bond donors (Lipinski definition) is 2. The third-order valence-electron chi connectivity index (χ3n) is 3.98. The van der Waals surface area contributed by atoms with Crippen LogP contribution in [0.1, 0.15) is 25.3 Å². The third kappa shape index (κ3) is 4.56. The molecule has 0 aliphatic carbocycles. The zero-order chi connectivity index (χ0) is 15.2. The summed E-state index contributed by atoms with van der Waals surface area (Å²) in [6.07, 6.45) is 2.44. The lowest BCUT2D eigenvalue weighted by Gasteiger charge is -2.29. The van der Waals surface area contributed by atoms with E-state index >= 15 is 0 Å². The Balaban J connectivity index is 1.81. The lowest BCUT2D eigenvalue weighted by atomic mass is 9.96. The molecule has 1 saturated heterocycles. The Kier molecular flexibility index (Phi) is 5.33. The fraction of sp³-hybridized carbons (Fsp3) is 0.500. The highest BCUT2D eigenvalue weighted by molar-refractivity contribution is 5.92. The number of primary amides is 1. The molecule has 0 saturated carbocycles. The van der Waals surface area contributed by atoms with Gasteiger partial charge in [0.05, 0.1) is 6.54 Å². The van der Waals surface area contributed by atoms with Crippen LogP contribution in [0.15, 0.2) is 24.3 Å². The number of aryl methyl sites for hydroxylation is 1. The Morgan fingerprint density at radius 1 is 1.33 bits per heavy atom. The second kappa shape index (κ2) is 7.22. The minimum atomic E-state index is -0.226. The Hall–Kier alpha value is -1.88. The molecular formula is C16H23N3O2. The molecule has 114 valence electrons. The molecule has 0 spiro atoms. The van der Waals surface area contributed by atoms with E-state index in [1.165, 1.54) is 5.56 Å². The highest BCUT2D eigenvalue weighted by atomic mass is 16.2. The molecule has 1 aliphatic rings. The SMILES string of the molecule is CCc1cccc(NC(=O)CN2CCC(C(N)=O)CC2)c1. The maximum atomic E-state index is 12.1. The summed E-state index contributed by atoms with van der Waals surface area (Å²) in [7, 11) is 0. The predicted molar refractivity (Wildman–Crippen MR) is 82.8 cm³/mol. The van der Waals surface area contributed by atoms with E-state index in [-0.39, 0.29) is 17.7 Å². The molecule has 1 aromatic rings. The molecule has 0 aromatic heterocycles. The largest absolute Gasteiger partial charge is 0.369 e. The lowest BCUT2D eigenvalue weighted by Crippen LogP contribution is -2.42. The number of benzene rings is 1. The van der Waals surface area contributed by atoms with Crippen molar-refractivity contribution < 1.29 is 9.59 Å². The van der Waals surface area contributed by atoms with Crippen LogP contribution in [0.5, 0.6) is 0 Å². The smallest absolute Gasteiger partial charge is 0.238 e. The zero-order valence-corrected chi connectivity index (χ0v) is 12.5. The van der Waals surface area contributed by atoms with Crippen LogP contribution in [-0.2, 0) is 16.0 Å². The Morgan fingerprint density at radius 2 is 2.05 bits per heavy atom. The summed E-state index contributed by atoms with van der Waals surface area (Å²) in [5, 5.41) is 2.93. The molecule has 3 N–H and O–H groups in total. The summed E-state index contributed by atoms with van der Waals surface area (Å²) in [4.78, 5) is 25.2. The Morgan fingerprint density at radius 3 is 2.67 bits per heavy atom. The van der Waals surface area contributed by atoms with Crippen molar-refractivity contribution in [2.24, 2.45) is 11.7 Å². The first-order valence-electron chi connectivity index (χ1n) is 7.49. The molecule has 0 atom stereocenters. The van der Waals surface area contributed by atoms with Gasteiger partial charge in [-0.05, 0) is 50.0 Å². The first kappa shape index (κ1) is 15.5. The van der Waals surface area contributed by atoms with Gasteiger partial charge in [0.2, 0.25) is 11.8 Å². The summed E-state index contributed by atoms with van der Waals surface area (Å²) < 4.78 is 0. The lowest BCUT2D eigenvalue weighted by molar-refractivity contribution is -0.123. The number of piperidine rings is 1. The number of carbonyl (C=O) groups excluding carboxylic acids is 2. The van der Waals surface area contributed by atoms with E-state index in [4.69, 9.17) is 5.73 Å². The molecule has 1 fully saturated rings. The van der Waals surface area contributed by atoms with Crippen molar-refractivity contribution >= 4 is 17.5 Å². The maximum absolute atomic E-state index is 12.1. The van der Waals surface area contributed by atoms with Crippen molar-refractivity contribution in [3.8, 4) is 0 Å². The van der Waals surface area contributed by atoms with E-state index in [1.54, 1.807) is 0 Å². The number of nitrogens with one attached hydrogen (secondary N) is 1. The van der Waals surface area contributed by atoms with E-state index < -0.39 is 0 Å². The van der Waals surface area contributed by atoms with Crippen molar-refractivity contribution in [2.45, 2.75) is 26.2 Å². The highest BCUT2D eigenvalue weighted by Crippen LogP contribution is 2.16. The Bertz CT molecular complexity index is 508. The minimum absolute atomic E-state index is 0.0132. The van der Waals surface area contributed by atoms with Crippen LogP contribution >= 0.6 is 0 Å². The van der Waals surface area contributed by atoms with Gasteiger partial charge < -0.3 is 11.1 Å². The second-order valence-electron chi connectivity index (χ2n) is 5.55. The average molecular weight is 289 g/mol. The van der Waals surface area contributed by atoms with Gasteiger partial charge >= 0.3 is 0 Å². The van der Waals surface area contributed by atoms with Gasteiger partial charge in [-0.15, -0.1) is 0 Å². The van der Waals surface area contributed by atoms with Gasteiger partial charge in [-0.3, -0.25) is 14.5 Å². The topological polar surface area (TPSA) is 75.4 Å². The molecule has 2 amide bonds. The van der Waals surface area contributed by atoms with E-state index in [0.29, 0.717) is 6.54 Å². The van der Waals surface area contributed by atoms with Gasteiger partial charge in [-0.25, -0.2) is 0 Å². The van der Waals surface area contributed by atoms with Crippen molar-refractivity contribution in [3.63, 3.8) is 0 Å². The fourth-order valence-electron chi connectivity index (χ4n) is 2.65. The van der Waals surface area contributed by atoms with Crippen molar-refractivity contribution in [1.82, 2.24) is 4.90 Å². The van der Waals surface area contributed by atoms with Crippen molar-refractivity contribution in [2.75, 3.05) is 25.0 Å². The average Bonchev–Trinajstić information content (AvgIpc) is 2.47. The third-order valence-corrected chi connectivity index (χ3v) is 3.98. The number of rotatable bonds is 5. The van der Waals surface area contributed by atoms with Crippen LogP contribution < -0.4 is 11.1 Å². The zero-order valence-electron chi connectivity index (χ0n) is 12.5. The van der Waals surface area contributed by atoms with E-state index in [1.807, 2.05) is 24.3 Å².